The summed E-state index contributed by atoms with van der Waals surface area (Å²) in [5, 5.41) is 1.36. The van der Waals surface area contributed by atoms with Crippen molar-refractivity contribution in [3.63, 3.8) is 0 Å². The summed E-state index contributed by atoms with van der Waals surface area (Å²) in [6, 6.07) is 4.54. The fourth-order valence-corrected chi connectivity index (χ4v) is 5.30. The Morgan fingerprint density at radius 3 is 2.50 bits per heavy atom. The molecule has 28 heavy (non-hydrogen) atoms. The number of fused-ring (bicyclic) bond motifs is 3. The maximum absolute atomic E-state index is 6.21. The lowest BCUT2D eigenvalue weighted by molar-refractivity contribution is 0.262. The molecule has 0 radical (unpaired) electrons. The molecule has 2 aliphatic heterocycles. The molecule has 0 N–H and O–H groups in total. The predicted octanol–water partition coefficient (Wildman–Crippen LogP) is 4.50. The van der Waals surface area contributed by atoms with Gasteiger partial charge in [-0.05, 0) is 94.1 Å². The fraction of sp³-hybridized carbons (Fsp3) is 0.625. The molecule has 3 heterocycles. The first kappa shape index (κ1) is 18.2. The van der Waals surface area contributed by atoms with Crippen molar-refractivity contribution in [3.8, 4) is 5.75 Å². The number of aryl methyl sites for hydroxylation is 2. The molecule has 1 aromatic carbocycles. The van der Waals surface area contributed by atoms with Crippen molar-refractivity contribution in [1.82, 2.24) is 9.88 Å². The van der Waals surface area contributed by atoms with Gasteiger partial charge in [-0.25, -0.2) is 4.98 Å². The van der Waals surface area contributed by atoms with Crippen molar-refractivity contribution in [2.75, 3.05) is 44.2 Å². The van der Waals surface area contributed by atoms with Gasteiger partial charge < -0.3 is 14.5 Å². The number of likely N-dealkylation sites (tertiary alicyclic amines) is 1. The fourth-order valence-electron chi connectivity index (χ4n) is 5.30. The van der Waals surface area contributed by atoms with E-state index in [9.17, 15) is 0 Å². The van der Waals surface area contributed by atoms with Gasteiger partial charge in [0.1, 0.15) is 11.6 Å². The van der Waals surface area contributed by atoms with Crippen molar-refractivity contribution >= 4 is 16.7 Å². The first-order chi connectivity index (χ1) is 13.8. The van der Waals surface area contributed by atoms with Crippen LogP contribution in [-0.4, -0.2) is 49.2 Å². The number of rotatable bonds is 6. The molecule has 0 amide bonds. The molecule has 4 nitrogen and oxygen atoms in total. The van der Waals surface area contributed by atoms with Crippen LogP contribution in [0, 0.1) is 6.92 Å². The van der Waals surface area contributed by atoms with E-state index >= 15 is 0 Å². The number of ether oxygens (including phenoxy) is 1. The van der Waals surface area contributed by atoms with E-state index in [0.29, 0.717) is 0 Å². The second kappa shape index (κ2) is 7.90. The van der Waals surface area contributed by atoms with Crippen molar-refractivity contribution in [2.24, 2.45) is 0 Å². The summed E-state index contributed by atoms with van der Waals surface area (Å²) in [5.74, 6) is 2.29. The molecule has 0 spiro atoms. The summed E-state index contributed by atoms with van der Waals surface area (Å²) in [6.07, 6.45) is 10.1. The van der Waals surface area contributed by atoms with Crippen LogP contribution in [0.25, 0.3) is 10.9 Å². The average Bonchev–Trinajstić information content (AvgIpc) is 3.47. The molecule has 0 unspecified atom stereocenters. The third-order valence-electron chi connectivity index (χ3n) is 6.81. The highest BCUT2D eigenvalue weighted by Crippen LogP contribution is 2.38. The largest absolute Gasteiger partial charge is 0.493 e. The maximum Gasteiger partial charge on any atom is 0.132 e. The van der Waals surface area contributed by atoms with Crippen LogP contribution in [0.5, 0.6) is 5.75 Å². The topological polar surface area (TPSA) is 28.6 Å². The number of benzene rings is 1. The molecule has 150 valence electrons. The van der Waals surface area contributed by atoms with Gasteiger partial charge in [0.2, 0.25) is 0 Å². The van der Waals surface area contributed by atoms with Gasteiger partial charge in [0, 0.05) is 31.1 Å². The Labute approximate surface area is 168 Å². The molecule has 1 aliphatic carbocycles. The molecule has 4 heteroatoms. The van der Waals surface area contributed by atoms with Crippen molar-refractivity contribution in [2.45, 2.75) is 58.3 Å². The lowest BCUT2D eigenvalue weighted by Gasteiger charge is -2.22. The van der Waals surface area contributed by atoms with Gasteiger partial charge in [0.05, 0.1) is 12.1 Å². The zero-order valence-corrected chi connectivity index (χ0v) is 17.3. The second-order valence-corrected chi connectivity index (χ2v) is 8.83. The Hall–Kier alpha value is -1.81. The number of anilines is 1. The minimum atomic E-state index is 0.798. The van der Waals surface area contributed by atoms with Crippen molar-refractivity contribution < 1.29 is 4.74 Å². The molecular weight excluding hydrogens is 346 g/mol. The molecule has 0 bridgehead atoms. The van der Waals surface area contributed by atoms with E-state index in [4.69, 9.17) is 9.72 Å². The number of hydrogen-bond acceptors (Lipinski definition) is 4. The minimum Gasteiger partial charge on any atom is -0.493 e. The van der Waals surface area contributed by atoms with E-state index in [2.05, 4.69) is 28.9 Å². The van der Waals surface area contributed by atoms with E-state index < -0.39 is 0 Å². The van der Waals surface area contributed by atoms with Crippen LogP contribution in [0.3, 0.4) is 0 Å². The molecule has 0 atom stereocenters. The first-order valence-corrected chi connectivity index (χ1v) is 11.4. The summed E-state index contributed by atoms with van der Waals surface area (Å²) in [7, 11) is 0. The Kier molecular flexibility index (Phi) is 5.15. The second-order valence-electron chi connectivity index (χ2n) is 8.83. The van der Waals surface area contributed by atoms with Gasteiger partial charge >= 0.3 is 0 Å². The normalized spacial score (nSPS) is 19.7. The van der Waals surface area contributed by atoms with E-state index in [-0.39, 0.29) is 0 Å². The van der Waals surface area contributed by atoms with Gasteiger partial charge in [0.25, 0.3) is 0 Å². The third-order valence-corrected chi connectivity index (χ3v) is 6.81. The summed E-state index contributed by atoms with van der Waals surface area (Å²) in [5.41, 5.74) is 5.45. The lowest BCUT2D eigenvalue weighted by atomic mass is 10.0. The molecule has 1 aromatic heterocycles. The van der Waals surface area contributed by atoms with E-state index in [1.165, 1.54) is 80.4 Å². The SMILES string of the molecule is Cc1cc2c3c(c(N4CCCC4)nc2cc1OCCCN1CCCC1)CCC3. The van der Waals surface area contributed by atoms with Gasteiger partial charge in [-0.15, -0.1) is 0 Å². The molecule has 2 aromatic rings. The summed E-state index contributed by atoms with van der Waals surface area (Å²) in [4.78, 5) is 10.2. The van der Waals surface area contributed by atoms with Crippen LogP contribution in [0.1, 0.15) is 55.2 Å². The van der Waals surface area contributed by atoms with Crippen LogP contribution in [0.15, 0.2) is 12.1 Å². The molecule has 2 saturated heterocycles. The number of nitrogens with zero attached hydrogens (tertiary/aromatic N) is 3. The summed E-state index contributed by atoms with van der Waals surface area (Å²) >= 11 is 0. The monoisotopic (exact) mass is 379 g/mol. The summed E-state index contributed by atoms with van der Waals surface area (Å²) < 4.78 is 6.21. The molecule has 3 aliphatic rings. The van der Waals surface area contributed by atoms with Crippen LogP contribution >= 0.6 is 0 Å². The Balaban J connectivity index is 1.38. The highest BCUT2D eigenvalue weighted by atomic mass is 16.5. The van der Waals surface area contributed by atoms with Crippen LogP contribution in [0.2, 0.25) is 0 Å². The van der Waals surface area contributed by atoms with Gasteiger partial charge in [-0.2, -0.15) is 0 Å². The Morgan fingerprint density at radius 1 is 0.929 bits per heavy atom. The third kappa shape index (κ3) is 3.47. The zero-order chi connectivity index (χ0) is 18.9. The Bertz CT molecular complexity index is 851. The average molecular weight is 380 g/mol. The van der Waals surface area contributed by atoms with Gasteiger partial charge in [-0.1, -0.05) is 0 Å². The van der Waals surface area contributed by atoms with E-state index in [1.807, 2.05) is 0 Å². The molecule has 5 rings (SSSR count). The lowest BCUT2D eigenvalue weighted by Crippen LogP contribution is -2.22. The highest BCUT2D eigenvalue weighted by Gasteiger charge is 2.25. The number of aromatic nitrogens is 1. The molecule has 2 fully saturated rings. The van der Waals surface area contributed by atoms with E-state index in [1.54, 1.807) is 5.56 Å². The number of hydrogen-bond donors (Lipinski definition) is 0. The predicted molar refractivity (Wildman–Crippen MR) is 116 cm³/mol. The number of pyridine rings is 1. The zero-order valence-electron chi connectivity index (χ0n) is 17.3. The smallest absolute Gasteiger partial charge is 0.132 e. The van der Waals surface area contributed by atoms with Gasteiger partial charge in [-0.3, -0.25) is 0 Å². The summed E-state index contributed by atoms with van der Waals surface area (Å²) in [6.45, 7) is 9.01. The molecule has 0 saturated carbocycles. The van der Waals surface area contributed by atoms with Gasteiger partial charge in [0.15, 0.2) is 0 Å². The molecular formula is C24H33N3O. The van der Waals surface area contributed by atoms with Crippen LogP contribution in [0.4, 0.5) is 5.82 Å². The van der Waals surface area contributed by atoms with Crippen LogP contribution < -0.4 is 9.64 Å². The quantitative estimate of drug-likeness (QED) is 0.691. The Morgan fingerprint density at radius 2 is 1.68 bits per heavy atom. The highest BCUT2D eigenvalue weighted by molar-refractivity contribution is 5.88. The standard InChI is InChI=1S/C24H33N3O/c1-18-16-21-19-8-6-9-20(19)24(27-13-4-5-14-27)25-22(21)17-23(18)28-15-7-12-26-10-2-3-11-26/h16-17H,2-15H2,1H3. The van der Waals surface area contributed by atoms with Crippen molar-refractivity contribution in [3.05, 3.63) is 28.8 Å². The van der Waals surface area contributed by atoms with Crippen LogP contribution in [-0.2, 0) is 12.8 Å². The maximum atomic E-state index is 6.21. The van der Waals surface area contributed by atoms with Crippen molar-refractivity contribution in [1.29, 1.82) is 0 Å². The first-order valence-electron chi connectivity index (χ1n) is 11.4. The van der Waals surface area contributed by atoms with E-state index in [0.717, 1.165) is 43.9 Å². The minimum absolute atomic E-state index is 0.798.